The van der Waals surface area contributed by atoms with Crippen LogP contribution in [0.5, 0.6) is 5.75 Å². The van der Waals surface area contributed by atoms with Crippen molar-refractivity contribution in [1.82, 2.24) is 5.32 Å². The Morgan fingerprint density at radius 3 is 2.32 bits per heavy atom. The Morgan fingerprint density at radius 1 is 1.07 bits per heavy atom. The number of hydrogen-bond acceptors (Lipinski definition) is 5. The molecule has 0 bridgehead atoms. The van der Waals surface area contributed by atoms with Gasteiger partial charge in [-0.1, -0.05) is 20.8 Å². The Labute approximate surface area is 161 Å². The van der Waals surface area contributed by atoms with Gasteiger partial charge in [0.2, 0.25) is 5.91 Å². The van der Waals surface area contributed by atoms with Crippen LogP contribution in [0.1, 0.15) is 26.3 Å². The zero-order valence-electron chi connectivity index (χ0n) is 16.2. The lowest BCUT2D eigenvalue weighted by molar-refractivity contribution is -0.138. The minimum atomic E-state index is -4.78. The summed E-state index contributed by atoms with van der Waals surface area (Å²) in [6.45, 7) is 5.83. The van der Waals surface area contributed by atoms with Crippen molar-refractivity contribution in [3.63, 3.8) is 0 Å². The van der Waals surface area contributed by atoms with Crippen LogP contribution in [-0.2, 0) is 20.4 Å². The van der Waals surface area contributed by atoms with Crippen LogP contribution in [-0.4, -0.2) is 45.5 Å². The molecule has 0 aliphatic heterocycles. The van der Waals surface area contributed by atoms with Crippen LogP contribution in [0.15, 0.2) is 18.2 Å². The molecule has 2 N–H and O–H groups in total. The maximum Gasteiger partial charge on any atom is 0.420 e. The SMILES string of the molecule is COCCOCCNC(=O)Oc1ccc(NC(=O)C(C)(C)C)cc1C(F)(F)F. The molecule has 1 aromatic rings. The predicted molar refractivity (Wildman–Crippen MR) is 96.3 cm³/mol. The van der Waals surface area contributed by atoms with Gasteiger partial charge in [0.25, 0.3) is 0 Å². The normalized spacial score (nSPS) is 11.8. The van der Waals surface area contributed by atoms with E-state index < -0.39 is 34.9 Å². The molecule has 158 valence electrons. The first kappa shape index (κ1) is 23.7. The third-order valence-electron chi connectivity index (χ3n) is 3.37. The summed E-state index contributed by atoms with van der Waals surface area (Å²) >= 11 is 0. The number of carbonyl (C=O) groups excluding carboxylic acids is 2. The molecule has 0 atom stereocenters. The molecule has 0 unspecified atom stereocenters. The van der Waals surface area contributed by atoms with E-state index in [1.165, 1.54) is 13.2 Å². The number of nitrogens with one attached hydrogen (secondary N) is 2. The van der Waals surface area contributed by atoms with E-state index >= 15 is 0 Å². The van der Waals surface area contributed by atoms with Gasteiger partial charge >= 0.3 is 12.3 Å². The predicted octanol–water partition coefficient (Wildman–Crippen LogP) is 3.44. The molecule has 0 spiro atoms. The summed E-state index contributed by atoms with van der Waals surface area (Å²) in [7, 11) is 1.51. The van der Waals surface area contributed by atoms with E-state index in [2.05, 4.69) is 10.6 Å². The number of ether oxygens (including phenoxy) is 3. The van der Waals surface area contributed by atoms with Gasteiger partial charge in [0, 0.05) is 24.8 Å². The summed E-state index contributed by atoms with van der Waals surface area (Å²) in [5.41, 5.74) is -2.00. The Bertz CT molecular complexity index is 672. The maximum atomic E-state index is 13.3. The molecule has 0 fully saturated rings. The molecule has 28 heavy (non-hydrogen) atoms. The number of halogens is 3. The fourth-order valence-electron chi connectivity index (χ4n) is 1.84. The lowest BCUT2D eigenvalue weighted by Gasteiger charge is -2.19. The lowest BCUT2D eigenvalue weighted by atomic mass is 9.95. The van der Waals surface area contributed by atoms with Gasteiger partial charge in [0.1, 0.15) is 11.3 Å². The molecular weight excluding hydrogens is 381 g/mol. The highest BCUT2D eigenvalue weighted by molar-refractivity contribution is 5.94. The number of benzene rings is 1. The summed E-state index contributed by atoms with van der Waals surface area (Å²) in [5.74, 6) is -1.11. The van der Waals surface area contributed by atoms with Gasteiger partial charge in [-0.25, -0.2) is 4.79 Å². The summed E-state index contributed by atoms with van der Waals surface area (Å²) < 4.78 is 54.6. The molecule has 0 aromatic heterocycles. The molecule has 0 heterocycles. The topological polar surface area (TPSA) is 85.9 Å². The minimum absolute atomic E-state index is 0.0495. The Kier molecular flexibility index (Phi) is 8.70. The number of alkyl halides is 3. The van der Waals surface area contributed by atoms with Crippen LogP contribution in [0.3, 0.4) is 0 Å². The second kappa shape index (κ2) is 10.3. The molecule has 1 aromatic carbocycles. The van der Waals surface area contributed by atoms with Crippen molar-refractivity contribution in [1.29, 1.82) is 0 Å². The van der Waals surface area contributed by atoms with E-state index in [1.807, 2.05) is 0 Å². The van der Waals surface area contributed by atoms with Crippen LogP contribution in [0.4, 0.5) is 23.7 Å². The first-order chi connectivity index (χ1) is 12.9. The standard InChI is InChI=1S/C18H25F3N2O5/c1-17(2,3)15(24)23-12-5-6-14(13(11-12)18(19,20)21)28-16(25)22-7-8-27-10-9-26-4/h5-6,11H,7-10H2,1-4H3,(H,22,25)(H,23,24). The fourth-order valence-corrected chi connectivity index (χ4v) is 1.84. The highest BCUT2D eigenvalue weighted by atomic mass is 19.4. The molecule has 0 aliphatic rings. The molecule has 10 heteroatoms. The third kappa shape index (κ3) is 8.13. The van der Waals surface area contributed by atoms with Crippen molar-refractivity contribution in [2.24, 2.45) is 5.41 Å². The van der Waals surface area contributed by atoms with Crippen LogP contribution in [0.25, 0.3) is 0 Å². The van der Waals surface area contributed by atoms with Gasteiger partial charge in [-0.3, -0.25) is 4.79 Å². The quantitative estimate of drug-likeness (QED) is 0.646. The smallest absolute Gasteiger partial charge is 0.410 e. The van der Waals surface area contributed by atoms with Gasteiger partial charge in [0.05, 0.1) is 19.8 Å². The van der Waals surface area contributed by atoms with Crippen LogP contribution in [0.2, 0.25) is 0 Å². The summed E-state index contributed by atoms with van der Waals surface area (Å²) in [6.07, 6.45) is -5.83. The number of methoxy groups -OCH3 is 1. The second-order valence-corrected chi connectivity index (χ2v) is 6.83. The zero-order valence-corrected chi connectivity index (χ0v) is 16.2. The number of hydrogen-bond donors (Lipinski definition) is 2. The fraction of sp³-hybridized carbons (Fsp3) is 0.556. The highest BCUT2D eigenvalue weighted by Gasteiger charge is 2.35. The molecule has 1 rings (SSSR count). The summed E-state index contributed by atoms with van der Waals surface area (Å²) in [4.78, 5) is 23.7. The second-order valence-electron chi connectivity index (χ2n) is 6.83. The van der Waals surface area contributed by atoms with Gasteiger partial charge in [-0.2, -0.15) is 13.2 Å². The van der Waals surface area contributed by atoms with E-state index in [4.69, 9.17) is 14.2 Å². The van der Waals surface area contributed by atoms with Gasteiger partial charge in [0.15, 0.2) is 0 Å². The van der Waals surface area contributed by atoms with Crippen LogP contribution in [0, 0.1) is 5.41 Å². The summed E-state index contributed by atoms with van der Waals surface area (Å²) in [5, 5.41) is 4.70. The first-order valence-electron chi connectivity index (χ1n) is 8.50. The van der Waals surface area contributed by atoms with Crippen molar-refractivity contribution in [3.05, 3.63) is 23.8 Å². The number of anilines is 1. The van der Waals surface area contributed by atoms with E-state index in [-0.39, 0.29) is 18.8 Å². The molecule has 0 aliphatic carbocycles. The van der Waals surface area contributed by atoms with Crippen LogP contribution >= 0.6 is 0 Å². The monoisotopic (exact) mass is 406 g/mol. The van der Waals surface area contributed by atoms with E-state index in [1.54, 1.807) is 20.8 Å². The number of carbonyl (C=O) groups is 2. The Morgan fingerprint density at radius 2 is 1.75 bits per heavy atom. The van der Waals surface area contributed by atoms with Crippen molar-refractivity contribution in [2.45, 2.75) is 26.9 Å². The molecular formula is C18H25F3N2O5. The number of rotatable bonds is 8. The highest BCUT2D eigenvalue weighted by Crippen LogP contribution is 2.38. The third-order valence-corrected chi connectivity index (χ3v) is 3.37. The van der Waals surface area contributed by atoms with Crippen molar-refractivity contribution < 1.29 is 37.0 Å². The van der Waals surface area contributed by atoms with E-state index in [0.717, 1.165) is 12.1 Å². The molecule has 2 amide bonds. The molecule has 0 radical (unpaired) electrons. The van der Waals surface area contributed by atoms with E-state index in [9.17, 15) is 22.8 Å². The van der Waals surface area contributed by atoms with E-state index in [0.29, 0.717) is 13.2 Å². The van der Waals surface area contributed by atoms with Gasteiger partial charge in [-0.15, -0.1) is 0 Å². The first-order valence-corrected chi connectivity index (χ1v) is 8.50. The molecule has 0 saturated carbocycles. The van der Waals surface area contributed by atoms with Crippen LogP contribution < -0.4 is 15.4 Å². The maximum absolute atomic E-state index is 13.3. The lowest BCUT2D eigenvalue weighted by Crippen LogP contribution is -2.31. The summed E-state index contributed by atoms with van der Waals surface area (Å²) in [6, 6.07) is 2.94. The minimum Gasteiger partial charge on any atom is -0.410 e. The van der Waals surface area contributed by atoms with Crippen molar-refractivity contribution in [2.75, 3.05) is 38.8 Å². The average Bonchev–Trinajstić information content (AvgIpc) is 2.57. The number of amides is 2. The Hall–Kier alpha value is -2.33. The molecule has 7 nitrogen and oxygen atoms in total. The van der Waals surface area contributed by atoms with Gasteiger partial charge in [-0.05, 0) is 18.2 Å². The van der Waals surface area contributed by atoms with Gasteiger partial charge < -0.3 is 24.8 Å². The largest absolute Gasteiger partial charge is 0.420 e. The average molecular weight is 406 g/mol. The van der Waals surface area contributed by atoms with Crippen molar-refractivity contribution >= 4 is 17.7 Å². The van der Waals surface area contributed by atoms with Crippen molar-refractivity contribution in [3.8, 4) is 5.75 Å². The molecule has 0 saturated heterocycles. The Balaban J connectivity index is 2.77. The zero-order chi connectivity index (χ0) is 21.4.